The maximum Gasteiger partial charge on any atom is 0.307 e. The van der Waals surface area contributed by atoms with Crippen molar-refractivity contribution in [2.75, 3.05) is 0 Å². The van der Waals surface area contributed by atoms with Gasteiger partial charge < -0.3 is 5.11 Å². The molecule has 0 amide bonds. The molecule has 15 heavy (non-hydrogen) atoms. The Labute approximate surface area is 86.2 Å². The van der Waals surface area contributed by atoms with Crippen molar-refractivity contribution in [2.45, 2.75) is 6.42 Å². The molecule has 0 aliphatic carbocycles. The molecule has 76 valence electrons. The Morgan fingerprint density at radius 3 is 3.20 bits per heavy atom. The minimum atomic E-state index is -0.823. The van der Waals surface area contributed by atoms with Crippen LogP contribution < -0.4 is 0 Å². The lowest BCUT2D eigenvalue weighted by Crippen LogP contribution is -1.89. The minimum Gasteiger partial charge on any atom is -0.481 e. The third-order valence-electron chi connectivity index (χ3n) is 2.07. The van der Waals surface area contributed by atoms with Crippen LogP contribution in [0.2, 0.25) is 0 Å². The summed E-state index contributed by atoms with van der Waals surface area (Å²) in [5.74, 6) is -0.823. The average molecular weight is 202 g/mol. The lowest BCUT2D eigenvalue weighted by Gasteiger charge is -1.93. The second kappa shape index (κ2) is 3.96. The first kappa shape index (κ1) is 9.45. The van der Waals surface area contributed by atoms with E-state index < -0.39 is 5.97 Å². The summed E-state index contributed by atoms with van der Waals surface area (Å²) >= 11 is 0. The summed E-state index contributed by atoms with van der Waals surface area (Å²) in [6.07, 6.45) is 5.21. The van der Waals surface area contributed by atoms with E-state index in [2.05, 4.69) is 10.2 Å². The number of nitrogens with one attached hydrogen (secondary N) is 1. The summed E-state index contributed by atoms with van der Waals surface area (Å²) in [7, 11) is 0. The molecular formula is C11H10N2O2. The predicted octanol–water partition coefficient (Wildman–Crippen LogP) is 2.05. The Kier molecular flexibility index (Phi) is 2.49. The second-order valence-corrected chi connectivity index (χ2v) is 3.22. The molecule has 0 bridgehead atoms. The normalized spacial score (nSPS) is 11.2. The molecule has 4 nitrogen and oxygen atoms in total. The monoisotopic (exact) mass is 202 g/mol. The molecule has 2 aromatic rings. The predicted molar refractivity (Wildman–Crippen MR) is 57.4 cm³/mol. The molecule has 0 atom stereocenters. The highest BCUT2D eigenvalue weighted by Gasteiger charge is 1.95. The van der Waals surface area contributed by atoms with Crippen LogP contribution in [0.1, 0.15) is 12.0 Å². The first-order valence-electron chi connectivity index (χ1n) is 4.57. The Balaban J connectivity index is 2.21. The van der Waals surface area contributed by atoms with Crippen molar-refractivity contribution in [2.24, 2.45) is 0 Å². The molecule has 1 heterocycles. The molecule has 4 heteroatoms. The average Bonchev–Trinajstić information content (AvgIpc) is 2.64. The van der Waals surface area contributed by atoms with Gasteiger partial charge in [-0.2, -0.15) is 5.10 Å². The number of carboxylic acid groups (broad SMARTS) is 1. The van der Waals surface area contributed by atoms with Gasteiger partial charge in [0.05, 0.1) is 18.1 Å². The van der Waals surface area contributed by atoms with E-state index in [1.54, 1.807) is 18.3 Å². The molecule has 0 unspecified atom stereocenters. The zero-order valence-electron chi connectivity index (χ0n) is 7.97. The fourth-order valence-electron chi connectivity index (χ4n) is 1.36. The zero-order chi connectivity index (χ0) is 10.7. The van der Waals surface area contributed by atoms with Crippen molar-refractivity contribution in [3.63, 3.8) is 0 Å². The first-order chi connectivity index (χ1) is 7.25. The molecule has 2 rings (SSSR count). The molecule has 0 spiro atoms. The fraction of sp³-hybridized carbons (Fsp3) is 0.0909. The van der Waals surface area contributed by atoms with Gasteiger partial charge in [-0.1, -0.05) is 18.2 Å². The van der Waals surface area contributed by atoms with Crippen molar-refractivity contribution in [3.8, 4) is 0 Å². The SMILES string of the molecule is O=C(O)CC=Cc1ccc2[nH]ncc2c1. The summed E-state index contributed by atoms with van der Waals surface area (Å²) < 4.78 is 0. The summed E-state index contributed by atoms with van der Waals surface area (Å²) in [5.41, 5.74) is 1.95. The van der Waals surface area contributed by atoms with Gasteiger partial charge in [-0.25, -0.2) is 0 Å². The minimum absolute atomic E-state index is 0.0451. The molecule has 2 N–H and O–H groups in total. The third-order valence-corrected chi connectivity index (χ3v) is 2.07. The van der Waals surface area contributed by atoms with Gasteiger partial charge in [0.25, 0.3) is 0 Å². The fourth-order valence-corrected chi connectivity index (χ4v) is 1.36. The number of hydrogen-bond acceptors (Lipinski definition) is 2. The highest BCUT2D eigenvalue weighted by Crippen LogP contribution is 2.13. The van der Waals surface area contributed by atoms with Crippen LogP contribution in [0.5, 0.6) is 0 Å². The second-order valence-electron chi connectivity index (χ2n) is 3.22. The van der Waals surface area contributed by atoms with E-state index in [0.29, 0.717) is 0 Å². The highest BCUT2D eigenvalue weighted by atomic mass is 16.4. The zero-order valence-corrected chi connectivity index (χ0v) is 7.97. The number of carbonyl (C=O) groups is 1. The number of fused-ring (bicyclic) bond motifs is 1. The van der Waals surface area contributed by atoms with Crippen molar-refractivity contribution >= 4 is 22.9 Å². The summed E-state index contributed by atoms with van der Waals surface area (Å²) in [4.78, 5) is 10.3. The van der Waals surface area contributed by atoms with E-state index in [1.807, 2.05) is 18.2 Å². The van der Waals surface area contributed by atoms with Crippen LogP contribution in [0.3, 0.4) is 0 Å². The summed E-state index contributed by atoms with van der Waals surface area (Å²) in [6, 6.07) is 5.79. The van der Waals surface area contributed by atoms with Crippen LogP contribution in [0.15, 0.2) is 30.5 Å². The number of hydrogen-bond donors (Lipinski definition) is 2. The van der Waals surface area contributed by atoms with Gasteiger partial charge in [-0.3, -0.25) is 9.89 Å². The van der Waals surface area contributed by atoms with Crippen LogP contribution in [-0.2, 0) is 4.79 Å². The number of carboxylic acids is 1. The van der Waals surface area contributed by atoms with E-state index in [4.69, 9.17) is 5.11 Å². The van der Waals surface area contributed by atoms with Crippen LogP contribution in [0.4, 0.5) is 0 Å². The third kappa shape index (κ3) is 2.22. The van der Waals surface area contributed by atoms with Crippen LogP contribution in [-0.4, -0.2) is 21.3 Å². The molecule has 0 aliphatic heterocycles. The number of aliphatic carboxylic acids is 1. The van der Waals surface area contributed by atoms with Crippen molar-refractivity contribution < 1.29 is 9.90 Å². The summed E-state index contributed by atoms with van der Waals surface area (Å²) in [5, 5.41) is 16.2. The largest absolute Gasteiger partial charge is 0.481 e. The van der Waals surface area contributed by atoms with E-state index >= 15 is 0 Å². The Morgan fingerprint density at radius 2 is 2.40 bits per heavy atom. The Morgan fingerprint density at radius 1 is 1.53 bits per heavy atom. The molecule has 0 fully saturated rings. The molecule has 0 radical (unpaired) electrons. The number of benzene rings is 1. The lowest BCUT2D eigenvalue weighted by molar-refractivity contribution is -0.135. The van der Waals surface area contributed by atoms with Gasteiger partial charge in [0, 0.05) is 5.39 Å². The number of nitrogens with zero attached hydrogens (tertiary/aromatic N) is 1. The van der Waals surface area contributed by atoms with Gasteiger partial charge in [0.2, 0.25) is 0 Å². The Bertz CT molecular complexity index is 514. The Hall–Kier alpha value is -2.10. The molecule has 1 aromatic heterocycles. The van der Waals surface area contributed by atoms with E-state index in [9.17, 15) is 4.79 Å². The summed E-state index contributed by atoms with van der Waals surface area (Å²) in [6.45, 7) is 0. The maximum absolute atomic E-state index is 10.3. The highest BCUT2D eigenvalue weighted by molar-refractivity contribution is 5.81. The smallest absolute Gasteiger partial charge is 0.307 e. The molecule has 1 aromatic carbocycles. The maximum atomic E-state index is 10.3. The van der Waals surface area contributed by atoms with Crippen molar-refractivity contribution in [1.29, 1.82) is 0 Å². The lowest BCUT2D eigenvalue weighted by atomic mass is 10.1. The standard InChI is InChI=1S/C11H10N2O2/c14-11(15)3-1-2-8-4-5-10-9(6-8)7-12-13-10/h1-2,4-7H,3H2,(H,12,13)(H,14,15). The quantitative estimate of drug-likeness (QED) is 0.800. The first-order valence-corrected chi connectivity index (χ1v) is 4.57. The van der Waals surface area contributed by atoms with Gasteiger partial charge in [-0.05, 0) is 17.7 Å². The van der Waals surface area contributed by atoms with E-state index in [1.165, 1.54) is 0 Å². The van der Waals surface area contributed by atoms with Gasteiger partial charge in [0.1, 0.15) is 0 Å². The molecule has 0 aliphatic rings. The van der Waals surface area contributed by atoms with Gasteiger partial charge in [-0.15, -0.1) is 0 Å². The number of rotatable bonds is 3. The topological polar surface area (TPSA) is 66.0 Å². The van der Waals surface area contributed by atoms with Crippen LogP contribution in [0.25, 0.3) is 17.0 Å². The van der Waals surface area contributed by atoms with Gasteiger partial charge >= 0.3 is 5.97 Å². The molecule has 0 saturated carbocycles. The molecule has 0 saturated heterocycles. The number of aromatic amines is 1. The van der Waals surface area contributed by atoms with Crippen molar-refractivity contribution in [3.05, 3.63) is 36.0 Å². The van der Waals surface area contributed by atoms with E-state index in [-0.39, 0.29) is 6.42 Å². The van der Waals surface area contributed by atoms with Crippen molar-refractivity contribution in [1.82, 2.24) is 10.2 Å². The van der Waals surface area contributed by atoms with Crippen LogP contribution in [0, 0.1) is 0 Å². The molecular weight excluding hydrogens is 192 g/mol. The van der Waals surface area contributed by atoms with E-state index in [0.717, 1.165) is 16.5 Å². The van der Waals surface area contributed by atoms with Gasteiger partial charge in [0.15, 0.2) is 0 Å². The number of aromatic nitrogens is 2. The number of H-pyrrole nitrogens is 1. The van der Waals surface area contributed by atoms with Crippen LogP contribution >= 0.6 is 0 Å².